The highest BCUT2D eigenvalue weighted by Gasteiger charge is 2.33. The number of carbonyl (C=O) groups excluding carboxylic acids is 1. The molecular weight excluding hydrogens is 225 g/mol. The zero-order chi connectivity index (χ0) is 12.2. The Morgan fingerprint density at radius 2 is 2.25 bits per heavy atom. The van der Waals surface area contributed by atoms with Crippen molar-refractivity contribution in [3.05, 3.63) is 29.6 Å². The number of esters is 1. The second-order valence-electron chi connectivity index (χ2n) is 2.66. The summed E-state index contributed by atoms with van der Waals surface area (Å²) in [6.45, 7) is -0.511. The third kappa shape index (κ3) is 2.95. The number of aromatic nitrogens is 1. The Hall–Kier alpha value is -2.10. The molecule has 0 amide bonds. The summed E-state index contributed by atoms with van der Waals surface area (Å²) in [5, 5.41) is 8.13. The lowest BCUT2D eigenvalue weighted by atomic mass is 10.2. The molecule has 1 aromatic rings. The van der Waals surface area contributed by atoms with E-state index in [0.29, 0.717) is 6.07 Å². The number of hydrogen-bond acceptors (Lipinski definition) is 4. The quantitative estimate of drug-likeness (QED) is 0.726. The molecule has 1 rings (SSSR count). The molecule has 0 unspecified atom stereocenters. The van der Waals surface area contributed by atoms with Gasteiger partial charge in [-0.05, 0) is 12.1 Å². The summed E-state index contributed by atoms with van der Waals surface area (Å²) in [7, 11) is 0. The van der Waals surface area contributed by atoms with Gasteiger partial charge in [0.05, 0.1) is 5.56 Å². The fourth-order valence-electron chi connectivity index (χ4n) is 0.894. The van der Waals surface area contributed by atoms with Gasteiger partial charge in [-0.1, -0.05) is 0 Å². The third-order valence-electron chi connectivity index (χ3n) is 1.55. The maximum absolute atomic E-state index is 12.2. The number of rotatable bonds is 2. The molecule has 1 heterocycles. The van der Waals surface area contributed by atoms with Crippen molar-refractivity contribution in [2.75, 3.05) is 6.61 Å². The van der Waals surface area contributed by atoms with Crippen molar-refractivity contribution in [1.29, 1.82) is 5.26 Å². The monoisotopic (exact) mass is 230 g/mol. The maximum Gasteiger partial charge on any atom is 0.433 e. The van der Waals surface area contributed by atoms with Gasteiger partial charge in [-0.15, -0.1) is 0 Å². The first-order chi connectivity index (χ1) is 7.45. The van der Waals surface area contributed by atoms with Crippen LogP contribution in [-0.2, 0) is 10.9 Å². The van der Waals surface area contributed by atoms with Crippen molar-refractivity contribution in [3.8, 4) is 6.07 Å². The van der Waals surface area contributed by atoms with Gasteiger partial charge >= 0.3 is 12.1 Å². The van der Waals surface area contributed by atoms with E-state index in [1.165, 1.54) is 6.07 Å². The number of pyridine rings is 1. The summed E-state index contributed by atoms with van der Waals surface area (Å²) in [5.74, 6) is -0.991. The van der Waals surface area contributed by atoms with Crippen LogP contribution in [0, 0.1) is 11.3 Å². The lowest BCUT2D eigenvalue weighted by Gasteiger charge is -2.06. The van der Waals surface area contributed by atoms with E-state index in [0.717, 1.165) is 12.3 Å². The van der Waals surface area contributed by atoms with Crippen LogP contribution >= 0.6 is 0 Å². The van der Waals surface area contributed by atoms with E-state index in [2.05, 4.69) is 9.72 Å². The fourth-order valence-corrected chi connectivity index (χ4v) is 0.894. The molecule has 0 aromatic carbocycles. The Morgan fingerprint density at radius 1 is 1.56 bits per heavy atom. The molecule has 0 radical (unpaired) electrons. The van der Waals surface area contributed by atoms with Gasteiger partial charge in [-0.2, -0.15) is 18.4 Å². The molecule has 0 saturated heterocycles. The molecule has 7 heteroatoms. The minimum atomic E-state index is -4.62. The normalized spacial score (nSPS) is 10.6. The number of carbonyl (C=O) groups is 1. The van der Waals surface area contributed by atoms with Gasteiger partial charge in [0, 0.05) is 6.20 Å². The van der Waals surface area contributed by atoms with Gasteiger partial charge in [-0.25, -0.2) is 4.79 Å². The van der Waals surface area contributed by atoms with Crippen LogP contribution in [-0.4, -0.2) is 17.6 Å². The summed E-state index contributed by atoms with van der Waals surface area (Å²) < 4.78 is 41.0. The summed E-state index contributed by atoms with van der Waals surface area (Å²) in [4.78, 5) is 14.2. The predicted molar refractivity (Wildman–Crippen MR) is 45.1 cm³/mol. The van der Waals surface area contributed by atoms with Gasteiger partial charge in [0.25, 0.3) is 0 Å². The second-order valence-corrected chi connectivity index (χ2v) is 2.66. The number of hydrogen-bond donors (Lipinski definition) is 0. The van der Waals surface area contributed by atoms with Gasteiger partial charge in [-0.3, -0.25) is 4.98 Å². The molecule has 0 fully saturated rings. The van der Waals surface area contributed by atoms with E-state index in [1.54, 1.807) is 0 Å². The Balaban J connectivity index is 2.91. The Labute approximate surface area is 88.3 Å². The Kier molecular flexibility index (Phi) is 3.45. The maximum atomic E-state index is 12.2. The summed E-state index contributed by atoms with van der Waals surface area (Å²) in [6.07, 6.45) is -3.77. The van der Waals surface area contributed by atoms with Crippen LogP contribution in [0.1, 0.15) is 16.1 Å². The molecule has 4 nitrogen and oxygen atoms in total. The molecule has 0 spiro atoms. The van der Waals surface area contributed by atoms with E-state index in [4.69, 9.17) is 5.26 Å². The van der Waals surface area contributed by atoms with E-state index in [1.807, 2.05) is 0 Å². The molecule has 0 saturated carbocycles. The highest BCUT2D eigenvalue weighted by Crippen LogP contribution is 2.27. The third-order valence-corrected chi connectivity index (χ3v) is 1.55. The molecule has 84 valence electrons. The molecule has 0 atom stereocenters. The zero-order valence-corrected chi connectivity index (χ0v) is 7.78. The number of nitrogens with zero attached hydrogens (tertiary/aromatic N) is 2. The molecule has 1 aromatic heterocycles. The topological polar surface area (TPSA) is 63.0 Å². The molecule has 0 bridgehead atoms. The van der Waals surface area contributed by atoms with Crippen LogP contribution in [0.2, 0.25) is 0 Å². The first-order valence-electron chi connectivity index (χ1n) is 4.02. The average molecular weight is 230 g/mol. The van der Waals surface area contributed by atoms with Crippen molar-refractivity contribution in [3.63, 3.8) is 0 Å². The van der Waals surface area contributed by atoms with Crippen molar-refractivity contribution in [2.24, 2.45) is 0 Å². The summed E-state index contributed by atoms with van der Waals surface area (Å²) in [6, 6.07) is 3.18. The predicted octanol–water partition coefficient (Wildman–Crippen LogP) is 1.78. The molecule has 0 N–H and O–H groups in total. The molecular formula is C9H5F3N2O2. The fraction of sp³-hybridized carbons (Fsp3) is 0.222. The minimum Gasteiger partial charge on any atom is -0.447 e. The highest BCUT2D eigenvalue weighted by molar-refractivity contribution is 5.89. The van der Waals surface area contributed by atoms with Crippen molar-refractivity contribution in [1.82, 2.24) is 4.98 Å². The van der Waals surface area contributed by atoms with Crippen LogP contribution in [0.25, 0.3) is 0 Å². The lowest BCUT2D eigenvalue weighted by Crippen LogP contribution is -2.11. The van der Waals surface area contributed by atoms with Crippen LogP contribution < -0.4 is 0 Å². The van der Waals surface area contributed by atoms with Crippen molar-refractivity contribution in [2.45, 2.75) is 6.18 Å². The lowest BCUT2D eigenvalue weighted by molar-refractivity contribution is -0.141. The average Bonchev–Trinajstić information content (AvgIpc) is 2.25. The van der Waals surface area contributed by atoms with Gasteiger partial charge in [0.2, 0.25) is 0 Å². The largest absolute Gasteiger partial charge is 0.447 e. The summed E-state index contributed by atoms with van der Waals surface area (Å²) >= 11 is 0. The Morgan fingerprint density at radius 3 is 2.81 bits per heavy atom. The number of alkyl halides is 3. The summed E-state index contributed by atoms with van der Waals surface area (Å²) in [5.41, 5.74) is -1.48. The van der Waals surface area contributed by atoms with E-state index in [-0.39, 0.29) is 5.56 Å². The number of halogens is 3. The molecule has 0 aliphatic carbocycles. The van der Waals surface area contributed by atoms with E-state index < -0.39 is 24.4 Å². The smallest absolute Gasteiger partial charge is 0.433 e. The van der Waals surface area contributed by atoms with Crippen molar-refractivity contribution < 1.29 is 22.7 Å². The minimum absolute atomic E-state index is 0.294. The van der Waals surface area contributed by atoms with E-state index in [9.17, 15) is 18.0 Å². The Bertz CT molecular complexity index is 437. The highest BCUT2D eigenvalue weighted by atomic mass is 19.4. The van der Waals surface area contributed by atoms with Crippen LogP contribution in [0.15, 0.2) is 18.3 Å². The van der Waals surface area contributed by atoms with Crippen LogP contribution in [0.4, 0.5) is 13.2 Å². The standard InChI is InChI=1S/C9H5F3N2O2/c10-9(11,12)7-5-6(1-3-14-7)8(15)16-4-2-13/h1,3,5H,4H2. The zero-order valence-electron chi connectivity index (χ0n) is 7.78. The number of nitriles is 1. The molecule has 16 heavy (non-hydrogen) atoms. The SMILES string of the molecule is N#CCOC(=O)c1ccnc(C(F)(F)F)c1. The first kappa shape index (κ1) is 12.0. The number of ether oxygens (including phenoxy) is 1. The van der Waals surface area contributed by atoms with Crippen LogP contribution in [0.5, 0.6) is 0 Å². The molecule has 0 aliphatic rings. The van der Waals surface area contributed by atoms with Gasteiger partial charge < -0.3 is 4.74 Å². The van der Waals surface area contributed by atoms with Crippen molar-refractivity contribution >= 4 is 5.97 Å². The second kappa shape index (κ2) is 4.61. The first-order valence-corrected chi connectivity index (χ1v) is 4.02. The van der Waals surface area contributed by atoms with Gasteiger partial charge in [0.15, 0.2) is 6.61 Å². The molecule has 0 aliphatic heterocycles. The van der Waals surface area contributed by atoms with Gasteiger partial charge in [0.1, 0.15) is 11.8 Å². The van der Waals surface area contributed by atoms with Crippen LogP contribution in [0.3, 0.4) is 0 Å². The van der Waals surface area contributed by atoms with E-state index >= 15 is 0 Å².